The number of nitrogens with zero attached hydrogens (tertiary/aromatic N) is 6. The van der Waals surface area contributed by atoms with Gasteiger partial charge < -0.3 is 23.7 Å². The number of hydrogen-bond acceptors (Lipinski definition) is 9. The minimum atomic E-state index is -0.751. The minimum Gasteiger partial charge on any atom is -0.439 e. The van der Waals surface area contributed by atoms with Gasteiger partial charge in [0, 0.05) is 53.5 Å². The average Bonchev–Trinajstić information content (AvgIpc) is 3.28. The first kappa shape index (κ1) is 25.1. The van der Waals surface area contributed by atoms with E-state index in [0.29, 0.717) is 74.3 Å². The largest absolute Gasteiger partial charge is 0.439 e. The van der Waals surface area contributed by atoms with E-state index in [1.165, 1.54) is 0 Å². The molecule has 2 heterocycles. The van der Waals surface area contributed by atoms with Crippen molar-refractivity contribution in [2.45, 2.75) is 18.8 Å². The Kier molecular flexibility index (Phi) is 9.31. The van der Waals surface area contributed by atoms with Crippen molar-refractivity contribution in [2.24, 2.45) is 0 Å². The molecule has 3 rings (SSSR count). The number of aromatic nitrogens is 3. The maximum atomic E-state index is 12.6. The molecule has 1 aromatic carbocycles. The molecule has 0 fully saturated rings. The number of rotatable bonds is 13. The number of nitriles is 1. The highest BCUT2D eigenvalue weighted by molar-refractivity contribution is 5.76. The van der Waals surface area contributed by atoms with Crippen LogP contribution in [0.1, 0.15) is 30.3 Å². The maximum Gasteiger partial charge on any atom is 0.225 e. The molecule has 10 heteroatoms. The van der Waals surface area contributed by atoms with Gasteiger partial charge in [-0.2, -0.15) is 5.26 Å². The predicted molar refractivity (Wildman–Crippen MR) is 126 cm³/mol. The van der Waals surface area contributed by atoms with Gasteiger partial charge in [0.15, 0.2) is 11.5 Å². The van der Waals surface area contributed by atoms with Gasteiger partial charge in [-0.1, -0.05) is 12.1 Å². The maximum absolute atomic E-state index is 12.6. The van der Waals surface area contributed by atoms with E-state index in [4.69, 9.17) is 13.9 Å². The standard InChI is InChI=1S/C24H30N6O4/c1-29(12-6-9-22(31)30(13-15-32-2)14-16-33-3)24-26-11-10-19(28-24)18(17-25)23-27-20-7-4-5-8-21(20)34-23/h4-5,7-8,10-11,18H,6,9,12-16H2,1-3H3. The Hall–Kier alpha value is -3.55. The number of oxazole rings is 1. The molecule has 0 aliphatic carbocycles. The van der Waals surface area contributed by atoms with E-state index in [9.17, 15) is 10.1 Å². The molecule has 34 heavy (non-hydrogen) atoms. The molecule has 0 aliphatic heterocycles. The molecule has 1 atom stereocenters. The quantitative estimate of drug-likeness (QED) is 0.374. The number of benzene rings is 1. The Labute approximate surface area is 199 Å². The Morgan fingerprint density at radius 1 is 1.12 bits per heavy atom. The number of carbonyl (C=O) groups is 1. The van der Waals surface area contributed by atoms with E-state index in [0.717, 1.165) is 0 Å². The van der Waals surface area contributed by atoms with Gasteiger partial charge in [-0.3, -0.25) is 4.79 Å². The number of carbonyl (C=O) groups excluding carboxylic acids is 1. The Morgan fingerprint density at radius 3 is 2.53 bits per heavy atom. The molecular weight excluding hydrogens is 436 g/mol. The molecule has 0 N–H and O–H groups in total. The zero-order chi connectivity index (χ0) is 24.3. The molecule has 3 aromatic rings. The van der Waals surface area contributed by atoms with Crippen LogP contribution in [-0.4, -0.2) is 79.9 Å². The van der Waals surface area contributed by atoms with Crippen LogP contribution in [-0.2, 0) is 14.3 Å². The average molecular weight is 467 g/mol. The highest BCUT2D eigenvalue weighted by atomic mass is 16.5. The van der Waals surface area contributed by atoms with Gasteiger partial charge in [0.05, 0.1) is 25.0 Å². The first-order valence-corrected chi connectivity index (χ1v) is 11.1. The van der Waals surface area contributed by atoms with E-state index in [1.807, 2.05) is 36.2 Å². The van der Waals surface area contributed by atoms with Crippen LogP contribution >= 0.6 is 0 Å². The van der Waals surface area contributed by atoms with Crippen molar-refractivity contribution in [1.29, 1.82) is 5.26 Å². The summed E-state index contributed by atoms with van der Waals surface area (Å²) in [6, 6.07) is 11.3. The normalized spacial score (nSPS) is 11.8. The molecule has 1 unspecified atom stereocenters. The third-order valence-electron chi connectivity index (χ3n) is 5.36. The van der Waals surface area contributed by atoms with Crippen LogP contribution in [0.4, 0.5) is 5.95 Å². The molecule has 0 saturated carbocycles. The molecule has 0 spiro atoms. The molecule has 1 amide bonds. The van der Waals surface area contributed by atoms with Crippen molar-refractivity contribution in [3.63, 3.8) is 0 Å². The molecule has 0 saturated heterocycles. The van der Waals surface area contributed by atoms with Crippen LogP contribution in [0.25, 0.3) is 11.1 Å². The number of para-hydroxylation sites is 2. The monoisotopic (exact) mass is 466 g/mol. The van der Waals surface area contributed by atoms with Gasteiger partial charge in [0.1, 0.15) is 5.52 Å². The Bertz CT molecular complexity index is 1070. The number of hydrogen-bond donors (Lipinski definition) is 0. The fraction of sp³-hybridized carbons (Fsp3) is 0.458. The van der Waals surface area contributed by atoms with Gasteiger partial charge in [-0.25, -0.2) is 15.0 Å². The fourth-order valence-electron chi connectivity index (χ4n) is 3.46. The van der Waals surface area contributed by atoms with Crippen LogP contribution in [0.3, 0.4) is 0 Å². The fourth-order valence-corrected chi connectivity index (χ4v) is 3.46. The van der Waals surface area contributed by atoms with E-state index in [1.54, 1.807) is 31.4 Å². The summed E-state index contributed by atoms with van der Waals surface area (Å²) >= 11 is 0. The first-order valence-electron chi connectivity index (χ1n) is 11.1. The van der Waals surface area contributed by atoms with Crippen LogP contribution in [0.15, 0.2) is 40.9 Å². The first-order chi connectivity index (χ1) is 16.6. The number of amides is 1. The highest BCUT2D eigenvalue weighted by Gasteiger charge is 2.22. The summed E-state index contributed by atoms with van der Waals surface area (Å²) in [5.74, 6) is 0.0719. The van der Waals surface area contributed by atoms with Crippen molar-refractivity contribution in [3.8, 4) is 6.07 Å². The Morgan fingerprint density at radius 2 is 1.85 bits per heavy atom. The van der Waals surface area contributed by atoms with Crippen molar-refractivity contribution >= 4 is 23.0 Å². The second kappa shape index (κ2) is 12.6. The summed E-state index contributed by atoms with van der Waals surface area (Å²) in [6.07, 6.45) is 2.64. The molecule has 0 radical (unpaired) electrons. The predicted octanol–water partition coefficient (Wildman–Crippen LogP) is 2.61. The van der Waals surface area contributed by atoms with E-state index in [-0.39, 0.29) is 5.91 Å². The number of ether oxygens (including phenoxy) is 2. The third kappa shape index (κ3) is 6.50. The molecular formula is C24H30N6O4. The Balaban J connectivity index is 1.62. The smallest absolute Gasteiger partial charge is 0.225 e. The zero-order valence-corrected chi connectivity index (χ0v) is 19.8. The van der Waals surface area contributed by atoms with E-state index in [2.05, 4.69) is 21.0 Å². The molecule has 0 aliphatic rings. The molecule has 0 bridgehead atoms. The lowest BCUT2D eigenvalue weighted by Crippen LogP contribution is -2.36. The van der Waals surface area contributed by atoms with Crippen LogP contribution < -0.4 is 4.90 Å². The second-order valence-corrected chi connectivity index (χ2v) is 7.75. The minimum absolute atomic E-state index is 0.0534. The number of anilines is 1. The lowest BCUT2D eigenvalue weighted by Gasteiger charge is -2.23. The molecule has 2 aromatic heterocycles. The lowest BCUT2D eigenvalue weighted by atomic mass is 10.1. The SMILES string of the molecule is COCCN(CCOC)C(=O)CCCN(C)c1nccc(C(C#N)c2nc3ccccc3o2)n1. The van der Waals surface area contributed by atoms with Gasteiger partial charge >= 0.3 is 0 Å². The summed E-state index contributed by atoms with van der Waals surface area (Å²) in [5.41, 5.74) is 1.82. The van der Waals surface area contributed by atoms with Crippen LogP contribution in [0.2, 0.25) is 0 Å². The summed E-state index contributed by atoms with van der Waals surface area (Å²) in [5, 5.41) is 9.78. The van der Waals surface area contributed by atoms with Crippen molar-refractivity contribution < 1.29 is 18.7 Å². The van der Waals surface area contributed by atoms with Crippen LogP contribution in [0, 0.1) is 11.3 Å². The van der Waals surface area contributed by atoms with Crippen molar-refractivity contribution in [3.05, 3.63) is 48.1 Å². The zero-order valence-electron chi connectivity index (χ0n) is 19.8. The molecule has 180 valence electrons. The third-order valence-corrected chi connectivity index (χ3v) is 5.36. The topological polar surface area (TPSA) is 118 Å². The number of methoxy groups -OCH3 is 2. The summed E-state index contributed by atoms with van der Waals surface area (Å²) < 4.78 is 16.0. The van der Waals surface area contributed by atoms with Crippen molar-refractivity contribution in [1.82, 2.24) is 19.9 Å². The summed E-state index contributed by atoms with van der Waals surface area (Å²) in [6.45, 7) is 2.61. The second-order valence-electron chi connectivity index (χ2n) is 7.75. The van der Waals surface area contributed by atoms with E-state index < -0.39 is 5.92 Å². The van der Waals surface area contributed by atoms with Gasteiger partial charge in [-0.05, 0) is 24.6 Å². The van der Waals surface area contributed by atoms with E-state index >= 15 is 0 Å². The van der Waals surface area contributed by atoms with Crippen molar-refractivity contribution in [2.75, 3.05) is 59.0 Å². The van der Waals surface area contributed by atoms with Crippen LogP contribution in [0.5, 0.6) is 0 Å². The number of fused-ring (bicyclic) bond motifs is 1. The molecule has 10 nitrogen and oxygen atoms in total. The van der Waals surface area contributed by atoms with Gasteiger partial charge in [0.2, 0.25) is 17.7 Å². The summed E-state index contributed by atoms with van der Waals surface area (Å²) in [4.78, 5) is 29.6. The summed E-state index contributed by atoms with van der Waals surface area (Å²) in [7, 11) is 5.09. The lowest BCUT2D eigenvalue weighted by molar-refractivity contribution is -0.132. The highest BCUT2D eigenvalue weighted by Crippen LogP contribution is 2.26. The van der Waals surface area contributed by atoms with Gasteiger partial charge in [-0.15, -0.1) is 0 Å². The van der Waals surface area contributed by atoms with Gasteiger partial charge in [0.25, 0.3) is 0 Å².